The van der Waals surface area contributed by atoms with E-state index in [2.05, 4.69) is 46.9 Å². The van der Waals surface area contributed by atoms with Gasteiger partial charge < -0.3 is 4.74 Å². The zero-order valence-electron chi connectivity index (χ0n) is 17.5. The van der Waals surface area contributed by atoms with Crippen LogP contribution < -0.4 is 4.74 Å². The Morgan fingerprint density at radius 3 is 2.04 bits per heavy atom. The number of allylic oxidation sites excluding steroid dienone is 7. The molecule has 1 aliphatic rings. The van der Waals surface area contributed by atoms with E-state index in [9.17, 15) is 0 Å². The van der Waals surface area contributed by atoms with Crippen LogP contribution in [0.2, 0.25) is 13.1 Å². The second-order valence-electron chi connectivity index (χ2n) is 5.95. The molecule has 1 aliphatic carbocycles. The fourth-order valence-electron chi connectivity index (χ4n) is 2.07. The minimum absolute atomic E-state index is 0. The third-order valence-corrected chi connectivity index (χ3v) is 3.77. The minimum Gasteiger partial charge on any atom is -0.490 e. The van der Waals surface area contributed by atoms with Gasteiger partial charge in [0.2, 0.25) is 0 Å². The molecule has 141 valence electrons. The average molecular weight is 402 g/mol. The molecule has 1 unspecified atom stereocenters. The monoisotopic (exact) mass is 402 g/mol. The van der Waals surface area contributed by atoms with Crippen molar-refractivity contribution in [1.29, 1.82) is 0 Å². The fourth-order valence-corrected chi connectivity index (χ4v) is 2.07. The molecule has 0 aromatic heterocycles. The Bertz CT molecular complexity index is 585. The molecule has 3 heteroatoms. The Hall–Kier alpha value is -1.09. The zero-order valence-corrected chi connectivity index (χ0v) is 20.2. The van der Waals surface area contributed by atoms with Crippen molar-refractivity contribution in [3.8, 4) is 5.75 Å². The number of rotatable bonds is 4. The van der Waals surface area contributed by atoms with E-state index in [0.29, 0.717) is 12.5 Å². The number of ether oxygens (including phenoxy) is 1. The summed E-state index contributed by atoms with van der Waals surface area (Å²) in [6.45, 7) is 15.7. The van der Waals surface area contributed by atoms with Crippen LogP contribution in [0.25, 0.3) is 0 Å². The molecule has 1 aromatic carbocycles. The van der Waals surface area contributed by atoms with Crippen molar-refractivity contribution in [2.45, 2.75) is 47.7 Å². The first-order valence-electron chi connectivity index (χ1n) is 8.95. The van der Waals surface area contributed by atoms with Gasteiger partial charge in [0, 0.05) is 31.2 Å². The predicted octanol–water partition coefficient (Wildman–Crippen LogP) is 6.44. The normalized spacial score (nSPS) is 15.7. The van der Waals surface area contributed by atoms with Crippen LogP contribution in [-0.4, -0.2) is 16.1 Å². The van der Waals surface area contributed by atoms with E-state index in [4.69, 9.17) is 4.74 Å². The molecule has 2 rings (SSSR count). The molecule has 1 nitrogen and oxygen atoms in total. The van der Waals surface area contributed by atoms with Crippen molar-refractivity contribution >= 4 is 9.52 Å². The maximum absolute atomic E-state index is 5.43. The van der Waals surface area contributed by atoms with Gasteiger partial charge >= 0.3 is 0 Å². The van der Waals surface area contributed by atoms with E-state index in [1.165, 1.54) is 16.7 Å². The number of benzene rings is 1. The maximum Gasteiger partial charge on any atom is 0.119 e. The van der Waals surface area contributed by atoms with Crippen LogP contribution in [0, 0.1) is 12.0 Å². The van der Waals surface area contributed by atoms with E-state index in [1.54, 1.807) is 0 Å². The fraction of sp³-hybridized carbons (Fsp3) is 0.391. The van der Waals surface area contributed by atoms with Crippen molar-refractivity contribution < 1.29 is 26.5 Å². The standard InChI is InChI=1S/C12H14O.C9H13.C2H7Si.Ti/c1-2-3-4-8-11-13-12-9-6-5-7-10-12;1-6-5-7(2)9(4)8(6)3;1-3-2;/h2-10H,11H2,1H3;6H,1-4H3;3H,1-2H3;/q;-1;;. The third-order valence-electron chi connectivity index (χ3n) is 3.77. The molecule has 0 saturated carbocycles. The van der Waals surface area contributed by atoms with Crippen LogP contribution in [0.4, 0.5) is 0 Å². The number of para-hydroxylation sites is 1. The summed E-state index contributed by atoms with van der Waals surface area (Å²) in [5.74, 6) is 1.47. The summed E-state index contributed by atoms with van der Waals surface area (Å²) in [6.07, 6.45) is 11.3. The summed E-state index contributed by atoms with van der Waals surface area (Å²) in [7, 11) is 0.750. The van der Waals surface area contributed by atoms with E-state index in [1.807, 2.05) is 61.6 Å². The average Bonchev–Trinajstić information content (AvgIpc) is 2.83. The van der Waals surface area contributed by atoms with Crippen LogP contribution in [0.3, 0.4) is 0 Å². The van der Waals surface area contributed by atoms with Gasteiger partial charge in [-0.25, -0.2) is 5.57 Å². The van der Waals surface area contributed by atoms with Gasteiger partial charge in [0.05, 0.1) is 0 Å². The second kappa shape index (κ2) is 17.3. The molecule has 1 atom stereocenters. The summed E-state index contributed by atoms with van der Waals surface area (Å²) in [4.78, 5) is 0. The minimum atomic E-state index is 0. The van der Waals surface area contributed by atoms with Crippen LogP contribution in [-0.2, 0) is 21.7 Å². The van der Waals surface area contributed by atoms with Gasteiger partial charge in [-0.3, -0.25) is 6.08 Å². The van der Waals surface area contributed by atoms with Crippen LogP contribution in [0.1, 0.15) is 34.6 Å². The van der Waals surface area contributed by atoms with E-state index < -0.39 is 0 Å². The Labute approximate surface area is 179 Å². The Kier molecular flexibility index (Phi) is 18.1. The molecule has 0 aliphatic heterocycles. The van der Waals surface area contributed by atoms with Gasteiger partial charge in [-0.05, 0) is 25.1 Å². The molecule has 0 amide bonds. The molecule has 0 bridgehead atoms. The van der Waals surface area contributed by atoms with Crippen molar-refractivity contribution in [3.05, 3.63) is 77.4 Å². The Morgan fingerprint density at radius 2 is 1.65 bits per heavy atom. The molecule has 0 saturated heterocycles. The first-order valence-corrected chi connectivity index (χ1v) is 11.3. The SMILES string of the molecule is CC1=[C-]C(C)C(C)=C1C.CC=CC=CCOc1ccccc1.C[SiH]C.[Ti]. The van der Waals surface area contributed by atoms with Crippen molar-refractivity contribution in [2.75, 3.05) is 6.61 Å². The van der Waals surface area contributed by atoms with Gasteiger partial charge in [-0.1, -0.05) is 76.2 Å². The van der Waals surface area contributed by atoms with Crippen molar-refractivity contribution in [3.63, 3.8) is 0 Å². The second-order valence-corrected chi connectivity index (χ2v) is 7.11. The third kappa shape index (κ3) is 12.3. The molecular weight excluding hydrogens is 368 g/mol. The number of hydrogen-bond acceptors (Lipinski definition) is 1. The first kappa shape index (κ1) is 27.1. The van der Waals surface area contributed by atoms with Gasteiger partial charge in [-0.15, -0.1) is 6.92 Å². The smallest absolute Gasteiger partial charge is 0.119 e. The van der Waals surface area contributed by atoms with Gasteiger partial charge in [0.1, 0.15) is 12.4 Å². The molecule has 0 heterocycles. The first-order chi connectivity index (χ1) is 12.0. The van der Waals surface area contributed by atoms with Crippen LogP contribution in [0.15, 0.2) is 71.4 Å². The molecular formula is C23H34OSiTi-. The van der Waals surface area contributed by atoms with E-state index in [0.717, 1.165) is 15.3 Å². The molecule has 0 spiro atoms. The molecule has 0 fully saturated rings. The Morgan fingerprint density at radius 1 is 1.08 bits per heavy atom. The molecule has 26 heavy (non-hydrogen) atoms. The number of hydrogen-bond donors (Lipinski definition) is 0. The quantitative estimate of drug-likeness (QED) is 0.320. The maximum atomic E-state index is 5.43. The molecule has 1 radical (unpaired) electrons. The van der Waals surface area contributed by atoms with Crippen molar-refractivity contribution in [1.82, 2.24) is 0 Å². The largest absolute Gasteiger partial charge is 0.490 e. The van der Waals surface area contributed by atoms with Crippen molar-refractivity contribution in [2.24, 2.45) is 5.92 Å². The summed E-state index contributed by atoms with van der Waals surface area (Å²) in [5.41, 5.74) is 4.25. The summed E-state index contributed by atoms with van der Waals surface area (Å²) < 4.78 is 5.43. The van der Waals surface area contributed by atoms with Gasteiger partial charge in [-0.2, -0.15) is 11.1 Å². The van der Waals surface area contributed by atoms with E-state index in [-0.39, 0.29) is 21.7 Å². The van der Waals surface area contributed by atoms with Gasteiger partial charge in [0.15, 0.2) is 0 Å². The summed E-state index contributed by atoms with van der Waals surface area (Å²) >= 11 is 0. The zero-order chi connectivity index (χ0) is 19.1. The summed E-state index contributed by atoms with van der Waals surface area (Å²) in [5, 5.41) is 0. The van der Waals surface area contributed by atoms with Crippen LogP contribution in [0.5, 0.6) is 5.75 Å². The van der Waals surface area contributed by atoms with Crippen LogP contribution >= 0.6 is 0 Å². The summed E-state index contributed by atoms with van der Waals surface area (Å²) in [6, 6.07) is 9.80. The van der Waals surface area contributed by atoms with E-state index >= 15 is 0 Å². The van der Waals surface area contributed by atoms with Gasteiger partial charge in [0.25, 0.3) is 0 Å². The molecule has 0 N–H and O–H groups in total. The Balaban J connectivity index is 0. The molecule has 1 aromatic rings. The predicted molar refractivity (Wildman–Crippen MR) is 115 cm³/mol. The topological polar surface area (TPSA) is 9.23 Å².